The molecule has 98 valence electrons. The van der Waals surface area contributed by atoms with Crippen LogP contribution in [0.3, 0.4) is 0 Å². The van der Waals surface area contributed by atoms with Gasteiger partial charge in [-0.15, -0.1) is 0 Å². The third-order valence-corrected chi connectivity index (χ3v) is 3.33. The minimum absolute atomic E-state index is 0.0142. The molecule has 0 unspecified atom stereocenters. The Kier molecular flexibility index (Phi) is 4.49. The predicted molar refractivity (Wildman–Crippen MR) is 67.7 cm³/mol. The van der Waals surface area contributed by atoms with Crippen LogP contribution in [0, 0.1) is 6.92 Å². The summed E-state index contributed by atoms with van der Waals surface area (Å²) in [6.07, 6.45) is -1.02. The van der Waals surface area contributed by atoms with Crippen molar-refractivity contribution >= 4 is 16.1 Å². The molecule has 0 heterocycles. The van der Waals surface area contributed by atoms with E-state index in [9.17, 15) is 13.2 Å². The molecule has 0 fully saturated rings. The van der Waals surface area contributed by atoms with E-state index < -0.39 is 16.1 Å². The van der Waals surface area contributed by atoms with E-state index in [1.807, 2.05) is 11.6 Å². The van der Waals surface area contributed by atoms with Crippen molar-refractivity contribution in [2.75, 3.05) is 6.61 Å². The SMILES string of the molecule is C=C(C)COC(=O)NS(=O)(=O)c1ccc(C)cc1. The minimum Gasteiger partial charge on any atom is -0.444 e. The summed E-state index contributed by atoms with van der Waals surface area (Å²) in [5, 5.41) is 0. The lowest BCUT2D eigenvalue weighted by Crippen LogP contribution is -2.31. The molecule has 0 radical (unpaired) electrons. The monoisotopic (exact) mass is 269 g/mol. The molecule has 5 nitrogen and oxygen atoms in total. The molecule has 6 heteroatoms. The Bertz CT molecular complexity index is 546. The Hall–Kier alpha value is -1.82. The highest BCUT2D eigenvalue weighted by Crippen LogP contribution is 2.09. The fraction of sp³-hybridized carbons (Fsp3) is 0.250. The number of nitrogens with one attached hydrogen (secondary N) is 1. The zero-order chi connectivity index (χ0) is 13.8. The smallest absolute Gasteiger partial charge is 0.421 e. The first-order valence-electron chi connectivity index (χ1n) is 5.22. The van der Waals surface area contributed by atoms with Gasteiger partial charge < -0.3 is 4.74 Å². The van der Waals surface area contributed by atoms with E-state index >= 15 is 0 Å². The van der Waals surface area contributed by atoms with Crippen LogP contribution >= 0.6 is 0 Å². The topological polar surface area (TPSA) is 72.5 Å². The lowest BCUT2D eigenvalue weighted by Gasteiger charge is -2.08. The maximum absolute atomic E-state index is 11.8. The summed E-state index contributed by atoms with van der Waals surface area (Å²) in [5.41, 5.74) is 1.55. The van der Waals surface area contributed by atoms with Crippen molar-refractivity contribution in [3.8, 4) is 0 Å². The number of sulfonamides is 1. The number of carbonyl (C=O) groups is 1. The summed E-state index contributed by atoms with van der Waals surface area (Å²) in [7, 11) is -3.88. The number of hydrogen-bond donors (Lipinski definition) is 1. The molecular formula is C12H15NO4S. The van der Waals surface area contributed by atoms with Gasteiger partial charge in [-0.1, -0.05) is 24.3 Å². The van der Waals surface area contributed by atoms with Gasteiger partial charge in [0.15, 0.2) is 0 Å². The lowest BCUT2D eigenvalue weighted by molar-refractivity contribution is 0.162. The van der Waals surface area contributed by atoms with Gasteiger partial charge in [0.2, 0.25) is 0 Å². The lowest BCUT2D eigenvalue weighted by atomic mass is 10.2. The number of ether oxygens (including phenoxy) is 1. The second-order valence-electron chi connectivity index (χ2n) is 3.95. The molecule has 1 aromatic rings. The summed E-state index contributed by atoms with van der Waals surface area (Å²) < 4.78 is 30.0. The molecule has 1 rings (SSSR count). The van der Waals surface area contributed by atoms with Gasteiger partial charge in [0.05, 0.1) is 4.90 Å². The molecule has 0 atom stereocenters. The van der Waals surface area contributed by atoms with E-state index in [-0.39, 0.29) is 11.5 Å². The van der Waals surface area contributed by atoms with Gasteiger partial charge in [-0.3, -0.25) is 0 Å². The molecule has 18 heavy (non-hydrogen) atoms. The molecule has 0 aliphatic heterocycles. The Morgan fingerprint density at radius 1 is 1.33 bits per heavy atom. The fourth-order valence-electron chi connectivity index (χ4n) is 1.10. The first-order chi connectivity index (χ1) is 8.31. The van der Waals surface area contributed by atoms with Crippen LogP contribution in [0.5, 0.6) is 0 Å². The summed E-state index contributed by atoms with van der Waals surface area (Å²) >= 11 is 0. The average molecular weight is 269 g/mol. The average Bonchev–Trinajstić information content (AvgIpc) is 2.26. The fourth-order valence-corrected chi connectivity index (χ4v) is 1.99. The molecule has 0 aromatic heterocycles. The predicted octanol–water partition coefficient (Wildman–Crippen LogP) is 1.99. The first kappa shape index (κ1) is 14.2. The van der Waals surface area contributed by atoms with Gasteiger partial charge in [-0.2, -0.15) is 0 Å². The van der Waals surface area contributed by atoms with Crippen molar-refractivity contribution in [1.29, 1.82) is 0 Å². The first-order valence-corrected chi connectivity index (χ1v) is 6.70. The van der Waals surface area contributed by atoms with E-state index in [0.29, 0.717) is 5.57 Å². The van der Waals surface area contributed by atoms with Crippen LogP contribution in [-0.2, 0) is 14.8 Å². The van der Waals surface area contributed by atoms with Crippen LogP contribution in [0.25, 0.3) is 0 Å². The van der Waals surface area contributed by atoms with E-state index in [0.717, 1.165) is 5.56 Å². The maximum Gasteiger partial charge on any atom is 0.421 e. The molecular weight excluding hydrogens is 254 g/mol. The van der Waals surface area contributed by atoms with Crippen LogP contribution < -0.4 is 4.72 Å². The van der Waals surface area contributed by atoms with Gasteiger partial charge in [-0.25, -0.2) is 17.9 Å². The van der Waals surface area contributed by atoms with Crippen molar-refractivity contribution in [2.24, 2.45) is 0 Å². The van der Waals surface area contributed by atoms with E-state index in [1.165, 1.54) is 12.1 Å². The molecule has 1 amide bonds. The van der Waals surface area contributed by atoms with Crippen molar-refractivity contribution in [2.45, 2.75) is 18.7 Å². The molecule has 1 N–H and O–H groups in total. The number of hydrogen-bond acceptors (Lipinski definition) is 4. The minimum atomic E-state index is -3.88. The number of benzene rings is 1. The summed E-state index contributed by atoms with van der Waals surface area (Å²) in [4.78, 5) is 11.3. The highest BCUT2D eigenvalue weighted by Gasteiger charge is 2.17. The van der Waals surface area contributed by atoms with Crippen LogP contribution in [0.1, 0.15) is 12.5 Å². The highest BCUT2D eigenvalue weighted by atomic mass is 32.2. The van der Waals surface area contributed by atoms with Gasteiger partial charge in [-0.05, 0) is 31.6 Å². The van der Waals surface area contributed by atoms with Crippen LogP contribution in [0.4, 0.5) is 4.79 Å². The zero-order valence-corrected chi connectivity index (χ0v) is 11.1. The third kappa shape index (κ3) is 4.21. The second-order valence-corrected chi connectivity index (χ2v) is 5.63. The normalized spacial score (nSPS) is 10.8. The molecule has 0 saturated heterocycles. The van der Waals surface area contributed by atoms with Crippen molar-refractivity contribution in [3.63, 3.8) is 0 Å². The standard InChI is InChI=1S/C12H15NO4S/c1-9(2)8-17-12(14)13-18(15,16)11-6-4-10(3)5-7-11/h4-7H,1,8H2,2-3H3,(H,13,14). The number of aryl methyl sites for hydroxylation is 1. The summed E-state index contributed by atoms with van der Waals surface area (Å²) in [6, 6.07) is 6.13. The van der Waals surface area contributed by atoms with Crippen molar-refractivity contribution in [3.05, 3.63) is 42.0 Å². The molecule has 0 bridgehead atoms. The molecule has 0 aliphatic carbocycles. The van der Waals surface area contributed by atoms with Crippen molar-refractivity contribution in [1.82, 2.24) is 4.72 Å². The summed E-state index contributed by atoms with van der Waals surface area (Å²) in [6.45, 7) is 7.03. The number of rotatable bonds is 4. The van der Waals surface area contributed by atoms with Gasteiger partial charge >= 0.3 is 6.09 Å². The van der Waals surface area contributed by atoms with E-state index in [4.69, 9.17) is 0 Å². The van der Waals surface area contributed by atoms with Crippen molar-refractivity contribution < 1.29 is 17.9 Å². The Balaban J connectivity index is 2.73. The third-order valence-electron chi connectivity index (χ3n) is 2.00. The van der Waals surface area contributed by atoms with Gasteiger partial charge in [0.1, 0.15) is 6.61 Å². The quantitative estimate of drug-likeness (QED) is 0.848. The Labute approximate surface area is 107 Å². The largest absolute Gasteiger partial charge is 0.444 e. The number of amides is 1. The van der Waals surface area contributed by atoms with Crippen LogP contribution in [0.2, 0.25) is 0 Å². The second kappa shape index (κ2) is 5.68. The molecule has 0 aliphatic rings. The highest BCUT2D eigenvalue weighted by molar-refractivity contribution is 7.90. The van der Waals surface area contributed by atoms with Crippen LogP contribution in [0.15, 0.2) is 41.3 Å². The zero-order valence-electron chi connectivity index (χ0n) is 10.3. The maximum atomic E-state index is 11.8. The molecule has 0 saturated carbocycles. The molecule has 0 spiro atoms. The van der Waals surface area contributed by atoms with Gasteiger partial charge in [0.25, 0.3) is 10.0 Å². The Morgan fingerprint density at radius 3 is 2.39 bits per heavy atom. The molecule has 1 aromatic carbocycles. The number of carbonyl (C=O) groups excluding carboxylic acids is 1. The van der Waals surface area contributed by atoms with E-state index in [1.54, 1.807) is 19.1 Å². The van der Waals surface area contributed by atoms with Crippen LogP contribution in [-0.4, -0.2) is 21.1 Å². The summed E-state index contributed by atoms with van der Waals surface area (Å²) in [5.74, 6) is 0. The Morgan fingerprint density at radius 2 is 1.89 bits per heavy atom. The van der Waals surface area contributed by atoms with Gasteiger partial charge in [0, 0.05) is 0 Å². The van der Waals surface area contributed by atoms with E-state index in [2.05, 4.69) is 11.3 Å².